The van der Waals surface area contributed by atoms with Crippen molar-refractivity contribution >= 4 is 22.7 Å². The Hall–Kier alpha value is -3.21. The van der Waals surface area contributed by atoms with Crippen LogP contribution in [0, 0.1) is 12.3 Å². The van der Waals surface area contributed by atoms with Gasteiger partial charge in [-0.3, -0.25) is 9.59 Å². The zero-order chi connectivity index (χ0) is 20.5. The highest BCUT2D eigenvalue weighted by Gasteiger charge is 2.24. The van der Waals surface area contributed by atoms with E-state index in [1.165, 1.54) is 6.07 Å². The number of ether oxygens (including phenoxy) is 1. The number of carbonyl (C=O) groups excluding carboxylic acids is 2. The number of hydrogen-bond acceptors (Lipinski definition) is 5. The summed E-state index contributed by atoms with van der Waals surface area (Å²) in [6, 6.07) is 14.0. The summed E-state index contributed by atoms with van der Waals surface area (Å²) in [4.78, 5) is 37.5. The third-order valence-corrected chi connectivity index (χ3v) is 4.57. The maximum absolute atomic E-state index is 12.8. The Balaban J connectivity index is 2.07. The third-order valence-electron chi connectivity index (χ3n) is 4.57. The minimum absolute atomic E-state index is 0.119. The molecule has 0 saturated heterocycles. The van der Waals surface area contributed by atoms with Crippen molar-refractivity contribution in [1.29, 1.82) is 0 Å². The molecule has 0 aliphatic carbocycles. The summed E-state index contributed by atoms with van der Waals surface area (Å²) >= 11 is 0. The van der Waals surface area contributed by atoms with E-state index in [-0.39, 0.29) is 29.0 Å². The summed E-state index contributed by atoms with van der Waals surface area (Å²) < 4.78 is 11.2. The number of para-hydroxylation sites is 1. The summed E-state index contributed by atoms with van der Waals surface area (Å²) in [5.74, 6) is -0.485. The molecule has 0 unspecified atom stereocenters. The predicted molar refractivity (Wildman–Crippen MR) is 107 cm³/mol. The van der Waals surface area contributed by atoms with E-state index < -0.39 is 11.4 Å². The van der Waals surface area contributed by atoms with Crippen LogP contribution >= 0.6 is 0 Å². The van der Waals surface area contributed by atoms with Crippen LogP contribution in [-0.4, -0.2) is 18.4 Å². The van der Waals surface area contributed by atoms with Crippen molar-refractivity contribution in [3.05, 3.63) is 69.9 Å². The lowest BCUT2D eigenvalue weighted by Gasteiger charge is -2.16. The van der Waals surface area contributed by atoms with Crippen LogP contribution in [0.3, 0.4) is 0 Å². The largest absolute Gasteiger partial charge is 0.455 e. The quantitative estimate of drug-likeness (QED) is 0.623. The van der Waals surface area contributed by atoms with Gasteiger partial charge in [-0.15, -0.1) is 0 Å². The van der Waals surface area contributed by atoms with Crippen molar-refractivity contribution < 1.29 is 18.7 Å². The average molecular weight is 378 g/mol. The number of Topliss-reactive ketones (excluding diaryl/α,β-unsaturated/α-hetero) is 1. The van der Waals surface area contributed by atoms with E-state index in [1.807, 2.05) is 30.3 Å². The standard InChI is InChI=1S/C23H22O5/c1-14-19(25)16-11-8-12-17(22(26)27-13-18(24)23(2,3)4)21(16)28-20(14)15-9-6-5-7-10-15/h5-12H,13H2,1-4H3. The highest BCUT2D eigenvalue weighted by molar-refractivity contribution is 6.03. The number of rotatable bonds is 4. The van der Waals surface area contributed by atoms with Gasteiger partial charge in [0.1, 0.15) is 11.3 Å². The van der Waals surface area contributed by atoms with E-state index in [0.717, 1.165) is 5.56 Å². The monoisotopic (exact) mass is 378 g/mol. The Labute approximate surface area is 162 Å². The smallest absolute Gasteiger partial charge is 0.342 e. The minimum atomic E-state index is -0.700. The first-order valence-electron chi connectivity index (χ1n) is 9.02. The van der Waals surface area contributed by atoms with Gasteiger partial charge in [-0.25, -0.2) is 4.79 Å². The molecular formula is C23H22O5. The second kappa shape index (κ2) is 7.43. The first kappa shape index (κ1) is 19.5. The molecule has 28 heavy (non-hydrogen) atoms. The number of hydrogen-bond donors (Lipinski definition) is 0. The molecule has 0 atom stereocenters. The summed E-state index contributed by atoms with van der Waals surface area (Å²) in [7, 11) is 0. The molecule has 3 rings (SSSR count). The normalized spacial score (nSPS) is 11.4. The van der Waals surface area contributed by atoms with Gasteiger partial charge in [0, 0.05) is 16.5 Å². The zero-order valence-corrected chi connectivity index (χ0v) is 16.4. The number of esters is 1. The van der Waals surface area contributed by atoms with E-state index in [1.54, 1.807) is 39.8 Å². The molecule has 0 spiro atoms. The predicted octanol–water partition coefficient (Wildman–Crippen LogP) is 4.54. The summed E-state index contributed by atoms with van der Waals surface area (Å²) in [6.07, 6.45) is 0. The third kappa shape index (κ3) is 3.74. The minimum Gasteiger partial charge on any atom is -0.455 e. The van der Waals surface area contributed by atoms with Crippen LogP contribution in [0.25, 0.3) is 22.3 Å². The maximum atomic E-state index is 12.8. The topological polar surface area (TPSA) is 73.6 Å². The van der Waals surface area contributed by atoms with Gasteiger partial charge in [0.25, 0.3) is 0 Å². The van der Waals surface area contributed by atoms with Gasteiger partial charge in [0.15, 0.2) is 23.4 Å². The number of fused-ring (bicyclic) bond motifs is 1. The molecular weight excluding hydrogens is 356 g/mol. The second-order valence-corrected chi connectivity index (χ2v) is 7.68. The molecule has 2 aromatic carbocycles. The van der Waals surface area contributed by atoms with Crippen molar-refractivity contribution in [2.24, 2.45) is 5.41 Å². The fraction of sp³-hybridized carbons (Fsp3) is 0.261. The molecule has 0 radical (unpaired) electrons. The molecule has 0 N–H and O–H groups in total. The molecule has 1 heterocycles. The summed E-state index contributed by atoms with van der Waals surface area (Å²) in [5.41, 5.74) is 0.666. The van der Waals surface area contributed by atoms with Gasteiger partial charge in [-0.05, 0) is 19.1 Å². The Morgan fingerprint density at radius 1 is 1.00 bits per heavy atom. The number of benzene rings is 2. The molecule has 0 fully saturated rings. The molecule has 1 aromatic heterocycles. The van der Waals surface area contributed by atoms with E-state index in [9.17, 15) is 14.4 Å². The highest BCUT2D eigenvalue weighted by Crippen LogP contribution is 2.27. The van der Waals surface area contributed by atoms with Crippen LogP contribution in [0.1, 0.15) is 36.7 Å². The Bertz CT molecular complexity index is 1100. The second-order valence-electron chi connectivity index (χ2n) is 7.68. The van der Waals surface area contributed by atoms with E-state index in [4.69, 9.17) is 9.15 Å². The fourth-order valence-corrected chi connectivity index (χ4v) is 2.76. The van der Waals surface area contributed by atoms with Gasteiger partial charge in [-0.1, -0.05) is 57.2 Å². The lowest BCUT2D eigenvalue weighted by molar-refractivity contribution is -0.129. The first-order valence-corrected chi connectivity index (χ1v) is 9.02. The lowest BCUT2D eigenvalue weighted by atomic mass is 9.91. The number of ketones is 1. The van der Waals surface area contributed by atoms with E-state index in [0.29, 0.717) is 16.7 Å². The molecule has 5 nitrogen and oxygen atoms in total. The van der Waals surface area contributed by atoms with Gasteiger partial charge in [-0.2, -0.15) is 0 Å². The van der Waals surface area contributed by atoms with Crippen molar-refractivity contribution in [1.82, 2.24) is 0 Å². The molecule has 3 aromatic rings. The van der Waals surface area contributed by atoms with Gasteiger partial charge in [0.2, 0.25) is 0 Å². The SMILES string of the molecule is Cc1c(-c2ccccc2)oc2c(C(=O)OCC(=O)C(C)(C)C)cccc2c1=O. The van der Waals surface area contributed by atoms with Gasteiger partial charge < -0.3 is 9.15 Å². The zero-order valence-electron chi connectivity index (χ0n) is 16.4. The van der Waals surface area contributed by atoms with E-state index >= 15 is 0 Å². The van der Waals surface area contributed by atoms with Crippen LogP contribution in [0.4, 0.5) is 0 Å². The van der Waals surface area contributed by atoms with Gasteiger partial charge >= 0.3 is 5.97 Å². The average Bonchev–Trinajstić information content (AvgIpc) is 2.68. The highest BCUT2D eigenvalue weighted by atomic mass is 16.5. The van der Waals surface area contributed by atoms with Crippen molar-refractivity contribution in [2.45, 2.75) is 27.7 Å². The molecule has 0 bridgehead atoms. The summed E-state index contributed by atoms with van der Waals surface area (Å²) in [5, 5.41) is 0.300. The van der Waals surface area contributed by atoms with Crippen LogP contribution in [0.5, 0.6) is 0 Å². The molecule has 0 saturated carbocycles. The molecule has 0 aliphatic heterocycles. The van der Waals surface area contributed by atoms with E-state index in [2.05, 4.69) is 0 Å². The van der Waals surface area contributed by atoms with Crippen molar-refractivity contribution in [3.63, 3.8) is 0 Å². The van der Waals surface area contributed by atoms with Crippen LogP contribution in [0.2, 0.25) is 0 Å². The Morgan fingerprint density at radius 2 is 1.68 bits per heavy atom. The van der Waals surface area contributed by atoms with Crippen LogP contribution < -0.4 is 5.43 Å². The van der Waals surface area contributed by atoms with Crippen molar-refractivity contribution in [3.8, 4) is 11.3 Å². The summed E-state index contributed by atoms with van der Waals surface area (Å²) in [6.45, 7) is 6.64. The van der Waals surface area contributed by atoms with Crippen molar-refractivity contribution in [2.75, 3.05) is 6.61 Å². The number of carbonyl (C=O) groups is 2. The lowest BCUT2D eigenvalue weighted by Crippen LogP contribution is -2.26. The molecule has 144 valence electrons. The molecule has 0 aliphatic rings. The van der Waals surface area contributed by atoms with Crippen LogP contribution in [-0.2, 0) is 9.53 Å². The first-order chi connectivity index (χ1) is 13.2. The Kier molecular flexibility index (Phi) is 5.18. The maximum Gasteiger partial charge on any atom is 0.342 e. The van der Waals surface area contributed by atoms with Crippen LogP contribution in [0.15, 0.2) is 57.7 Å². The Morgan fingerprint density at radius 3 is 2.32 bits per heavy atom. The molecule has 0 amide bonds. The molecule has 5 heteroatoms. The van der Waals surface area contributed by atoms with Gasteiger partial charge in [0.05, 0.1) is 5.39 Å². The fourth-order valence-electron chi connectivity index (χ4n) is 2.76.